The number of halogens is 2. The smallest absolute Gasteiger partial charge is 0.179 e. The summed E-state index contributed by atoms with van der Waals surface area (Å²) in [4.78, 5) is 0. The van der Waals surface area contributed by atoms with Crippen molar-refractivity contribution in [2.75, 3.05) is 21.3 Å². The normalized spacial score (nSPS) is 12.2. The summed E-state index contributed by atoms with van der Waals surface area (Å²) in [6.07, 6.45) is 0. The number of methoxy groups -OCH3 is 2. The Bertz CT molecular complexity index is 603. The van der Waals surface area contributed by atoms with Crippen molar-refractivity contribution in [3.8, 4) is 11.5 Å². The van der Waals surface area contributed by atoms with E-state index in [1.165, 1.54) is 5.56 Å². The highest BCUT2D eigenvalue weighted by atomic mass is 79.9. The van der Waals surface area contributed by atoms with E-state index in [0.717, 1.165) is 10.0 Å². The minimum atomic E-state index is 0.0351. The molecule has 0 aliphatic heterocycles. The zero-order chi connectivity index (χ0) is 14.7. The van der Waals surface area contributed by atoms with Gasteiger partial charge in [0.15, 0.2) is 11.5 Å². The van der Waals surface area contributed by atoms with Gasteiger partial charge in [0.25, 0.3) is 0 Å². The predicted molar refractivity (Wildman–Crippen MR) is 87.5 cm³/mol. The minimum absolute atomic E-state index is 0.0351. The Labute approximate surface area is 136 Å². The van der Waals surface area contributed by atoms with Gasteiger partial charge in [0, 0.05) is 9.85 Å². The molecule has 0 aliphatic rings. The lowest BCUT2D eigenvalue weighted by molar-refractivity contribution is 0.354. The van der Waals surface area contributed by atoms with Crippen LogP contribution in [0, 0.1) is 0 Å². The molecule has 0 radical (unpaired) electrons. The van der Waals surface area contributed by atoms with Crippen molar-refractivity contribution in [1.29, 1.82) is 0 Å². The van der Waals surface area contributed by atoms with Crippen molar-refractivity contribution >= 4 is 38.9 Å². The van der Waals surface area contributed by atoms with Crippen LogP contribution in [0.25, 0.3) is 0 Å². The lowest BCUT2D eigenvalue weighted by Crippen LogP contribution is -2.17. The minimum Gasteiger partial charge on any atom is -0.493 e. The highest BCUT2D eigenvalue weighted by molar-refractivity contribution is 9.10. The van der Waals surface area contributed by atoms with Gasteiger partial charge in [0.1, 0.15) is 0 Å². The number of benzene rings is 1. The SMILES string of the molecule is CNC(c1cc(Cl)c(OC)c(OC)c1)c1cscc1Br. The summed E-state index contributed by atoms with van der Waals surface area (Å²) >= 11 is 11.5. The maximum Gasteiger partial charge on any atom is 0.179 e. The molecule has 2 rings (SSSR count). The molecule has 0 saturated carbocycles. The van der Waals surface area contributed by atoms with Crippen LogP contribution in [0.1, 0.15) is 17.2 Å². The molecule has 108 valence electrons. The monoisotopic (exact) mass is 375 g/mol. The first-order valence-corrected chi connectivity index (χ1v) is 8.04. The lowest BCUT2D eigenvalue weighted by atomic mass is 10.0. The van der Waals surface area contributed by atoms with Gasteiger partial charge in [-0.15, -0.1) is 0 Å². The van der Waals surface area contributed by atoms with Gasteiger partial charge in [-0.1, -0.05) is 11.6 Å². The Morgan fingerprint density at radius 2 is 2.00 bits per heavy atom. The first-order chi connectivity index (χ1) is 9.62. The maximum absolute atomic E-state index is 6.27. The van der Waals surface area contributed by atoms with Crippen molar-refractivity contribution in [3.63, 3.8) is 0 Å². The van der Waals surface area contributed by atoms with Crippen LogP contribution in [0.15, 0.2) is 27.4 Å². The van der Waals surface area contributed by atoms with E-state index in [2.05, 4.69) is 32.0 Å². The summed E-state index contributed by atoms with van der Waals surface area (Å²) in [5, 5.41) is 8.00. The molecule has 1 heterocycles. The van der Waals surface area contributed by atoms with Crippen molar-refractivity contribution in [2.24, 2.45) is 0 Å². The van der Waals surface area contributed by atoms with E-state index in [1.807, 2.05) is 19.2 Å². The topological polar surface area (TPSA) is 30.5 Å². The van der Waals surface area contributed by atoms with Crippen LogP contribution in [0.2, 0.25) is 5.02 Å². The second-order valence-corrected chi connectivity index (χ2v) is 6.14. The standard InChI is InChI=1S/C14H15BrClNO2S/c1-17-13(9-6-20-7-10(9)15)8-4-11(16)14(19-3)12(5-8)18-2/h4-7,13,17H,1-3H3. The highest BCUT2D eigenvalue weighted by Gasteiger charge is 2.20. The third-order valence-corrected chi connectivity index (χ3v) is 5.06. The van der Waals surface area contributed by atoms with Gasteiger partial charge in [0.05, 0.1) is 25.3 Å². The van der Waals surface area contributed by atoms with Gasteiger partial charge in [0.2, 0.25) is 0 Å². The largest absolute Gasteiger partial charge is 0.493 e. The molecule has 0 fully saturated rings. The Kier molecular flexibility index (Phi) is 5.32. The van der Waals surface area contributed by atoms with Crippen LogP contribution in [0.3, 0.4) is 0 Å². The highest BCUT2D eigenvalue weighted by Crippen LogP contribution is 2.40. The first kappa shape index (κ1) is 15.6. The van der Waals surface area contributed by atoms with Crippen molar-refractivity contribution in [2.45, 2.75) is 6.04 Å². The fourth-order valence-corrected chi connectivity index (χ4v) is 3.95. The Morgan fingerprint density at radius 1 is 1.25 bits per heavy atom. The molecule has 1 atom stereocenters. The molecule has 2 aromatic rings. The van der Waals surface area contributed by atoms with Crippen molar-refractivity contribution in [3.05, 3.63) is 43.5 Å². The van der Waals surface area contributed by atoms with E-state index in [4.69, 9.17) is 21.1 Å². The van der Waals surface area contributed by atoms with Gasteiger partial charge in [-0.25, -0.2) is 0 Å². The van der Waals surface area contributed by atoms with Crippen LogP contribution in [0.4, 0.5) is 0 Å². The summed E-state index contributed by atoms with van der Waals surface area (Å²) in [6.45, 7) is 0. The number of hydrogen-bond donors (Lipinski definition) is 1. The molecule has 1 N–H and O–H groups in total. The van der Waals surface area contributed by atoms with Gasteiger partial charge >= 0.3 is 0 Å². The fourth-order valence-electron chi connectivity index (χ4n) is 2.10. The van der Waals surface area contributed by atoms with E-state index in [0.29, 0.717) is 16.5 Å². The molecule has 0 amide bonds. The summed E-state index contributed by atoms with van der Waals surface area (Å²) in [6, 6.07) is 3.87. The van der Waals surface area contributed by atoms with Gasteiger partial charge in [-0.3, -0.25) is 0 Å². The molecule has 20 heavy (non-hydrogen) atoms. The number of rotatable bonds is 5. The molecule has 0 spiro atoms. The number of hydrogen-bond acceptors (Lipinski definition) is 4. The van der Waals surface area contributed by atoms with E-state index in [9.17, 15) is 0 Å². The van der Waals surface area contributed by atoms with E-state index < -0.39 is 0 Å². The van der Waals surface area contributed by atoms with Gasteiger partial charge < -0.3 is 14.8 Å². The third kappa shape index (κ3) is 2.96. The summed E-state index contributed by atoms with van der Waals surface area (Å²) in [5.41, 5.74) is 2.19. The summed E-state index contributed by atoms with van der Waals surface area (Å²) < 4.78 is 11.7. The van der Waals surface area contributed by atoms with Crippen LogP contribution in [-0.4, -0.2) is 21.3 Å². The van der Waals surface area contributed by atoms with Crippen LogP contribution >= 0.6 is 38.9 Å². The van der Waals surface area contributed by atoms with Crippen molar-refractivity contribution < 1.29 is 9.47 Å². The maximum atomic E-state index is 6.27. The lowest BCUT2D eigenvalue weighted by Gasteiger charge is -2.19. The molecule has 1 unspecified atom stereocenters. The number of thiophene rings is 1. The predicted octanol–water partition coefficient (Wildman–Crippen LogP) is 4.49. The van der Waals surface area contributed by atoms with Gasteiger partial charge in [-0.2, -0.15) is 11.3 Å². The number of ether oxygens (including phenoxy) is 2. The van der Waals surface area contributed by atoms with Crippen LogP contribution in [-0.2, 0) is 0 Å². The Balaban J connectivity index is 2.51. The van der Waals surface area contributed by atoms with E-state index in [1.54, 1.807) is 25.6 Å². The Hall–Kier alpha value is -0.750. The molecule has 6 heteroatoms. The molecule has 3 nitrogen and oxygen atoms in total. The molecule has 1 aromatic heterocycles. The second kappa shape index (κ2) is 6.80. The molecule has 0 aliphatic carbocycles. The summed E-state index contributed by atoms with van der Waals surface area (Å²) in [5.74, 6) is 1.18. The van der Waals surface area contributed by atoms with Crippen LogP contribution < -0.4 is 14.8 Å². The summed E-state index contributed by atoms with van der Waals surface area (Å²) in [7, 11) is 5.10. The average molecular weight is 377 g/mol. The molecule has 0 saturated heterocycles. The number of nitrogens with one attached hydrogen (secondary N) is 1. The molecular formula is C14H15BrClNO2S. The third-order valence-electron chi connectivity index (χ3n) is 3.03. The first-order valence-electron chi connectivity index (χ1n) is 5.92. The molecule has 1 aromatic carbocycles. The molecular weight excluding hydrogens is 362 g/mol. The fraction of sp³-hybridized carbons (Fsp3) is 0.286. The Morgan fingerprint density at radius 3 is 2.50 bits per heavy atom. The zero-order valence-corrected chi connectivity index (χ0v) is 14.5. The average Bonchev–Trinajstić information content (AvgIpc) is 2.85. The van der Waals surface area contributed by atoms with Gasteiger partial charge in [-0.05, 0) is 51.6 Å². The molecule has 0 bridgehead atoms. The second-order valence-electron chi connectivity index (χ2n) is 4.13. The van der Waals surface area contributed by atoms with E-state index in [-0.39, 0.29) is 6.04 Å². The van der Waals surface area contributed by atoms with Crippen LogP contribution in [0.5, 0.6) is 11.5 Å². The zero-order valence-electron chi connectivity index (χ0n) is 11.4. The quantitative estimate of drug-likeness (QED) is 0.834. The van der Waals surface area contributed by atoms with E-state index >= 15 is 0 Å². The van der Waals surface area contributed by atoms with Crippen molar-refractivity contribution in [1.82, 2.24) is 5.32 Å².